The molecular weight excluding hydrogens is 222 g/mol. The molecule has 0 spiro atoms. The lowest BCUT2D eigenvalue weighted by atomic mass is 10.1. The monoisotopic (exact) mass is 241 g/mol. The first kappa shape index (κ1) is 13.5. The van der Waals surface area contributed by atoms with Gasteiger partial charge in [0.05, 0.1) is 13.7 Å². The molecule has 1 rings (SSSR count). The zero-order valence-corrected chi connectivity index (χ0v) is 10.3. The summed E-state index contributed by atoms with van der Waals surface area (Å²) < 4.78 is 9.87. The third kappa shape index (κ3) is 4.09. The largest absolute Gasteiger partial charge is 0.488 e. The summed E-state index contributed by atoms with van der Waals surface area (Å²) >= 11 is 0. The van der Waals surface area contributed by atoms with Crippen LogP contribution in [-0.4, -0.2) is 31.6 Å². The normalized spacial score (nSPS) is 16.5. The molecule has 0 saturated carbocycles. The quantitative estimate of drug-likeness (QED) is 0.733. The van der Waals surface area contributed by atoms with E-state index < -0.39 is 12.0 Å². The molecule has 5 nitrogen and oxygen atoms in total. The van der Waals surface area contributed by atoms with E-state index in [1.807, 2.05) is 6.92 Å². The Morgan fingerprint density at radius 1 is 1.59 bits per heavy atom. The number of allylic oxidation sites excluding steroid dienone is 1. The molecule has 0 radical (unpaired) electrons. The smallest absolute Gasteiger partial charge is 0.328 e. The molecule has 1 atom stereocenters. The minimum Gasteiger partial charge on any atom is -0.488 e. The van der Waals surface area contributed by atoms with Crippen LogP contribution in [0.2, 0.25) is 0 Å². The lowest BCUT2D eigenvalue weighted by Gasteiger charge is -2.18. The molecule has 0 saturated heterocycles. The molecule has 0 fully saturated rings. The molecule has 5 heteroatoms. The highest BCUT2D eigenvalue weighted by atomic mass is 16.5. The Labute approximate surface area is 101 Å². The molecule has 0 aliphatic carbocycles. The minimum absolute atomic E-state index is 0.307. The summed E-state index contributed by atoms with van der Waals surface area (Å²) in [5, 5.41) is 2.63. The first-order chi connectivity index (χ1) is 8.19. The van der Waals surface area contributed by atoms with Crippen molar-refractivity contribution in [3.05, 3.63) is 11.8 Å². The zero-order chi connectivity index (χ0) is 12.7. The number of ether oxygens (including phenoxy) is 2. The Bertz CT molecular complexity index is 312. The van der Waals surface area contributed by atoms with Crippen LogP contribution in [0, 0.1) is 0 Å². The molecule has 96 valence electrons. The molecule has 0 unspecified atom stereocenters. The maximum atomic E-state index is 11.8. The standard InChI is InChI=1S/C12H19NO4/c1-3-6-9(12(15)16-2)13-11(14)10-7-4-5-8-17-10/h7,9H,3-6,8H2,1-2H3,(H,13,14)/t9-/m0/s1. The fourth-order valence-electron chi connectivity index (χ4n) is 1.63. The second-order valence-corrected chi connectivity index (χ2v) is 3.90. The molecule has 1 amide bonds. The van der Waals surface area contributed by atoms with Gasteiger partial charge in [-0.3, -0.25) is 4.79 Å². The van der Waals surface area contributed by atoms with Crippen LogP contribution >= 0.6 is 0 Å². The number of hydrogen-bond donors (Lipinski definition) is 1. The van der Waals surface area contributed by atoms with Crippen LogP contribution in [0.3, 0.4) is 0 Å². The highest BCUT2D eigenvalue weighted by Gasteiger charge is 2.23. The summed E-state index contributed by atoms with van der Waals surface area (Å²) in [4.78, 5) is 23.2. The number of nitrogens with one attached hydrogen (secondary N) is 1. The van der Waals surface area contributed by atoms with Gasteiger partial charge in [0.25, 0.3) is 5.91 Å². The zero-order valence-electron chi connectivity index (χ0n) is 10.3. The van der Waals surface area contributed by atoms with E-state index in [1.54, 1.807) is 6.08 Å². The van der Waals surface area contributed by atoms with E-state index in [4.69, 9.17) is 4.74 Å². The number of hydrogen-bond acceptors (Lipinski definition) is 4. The number of amides is 1. The van der Waals surface area contributed by atoms with E-state index in [9.17, 15) is 9.59 Å². The van der Waals surface area contributed by atoms with Crippen LogP contribution in [0.15, 0.2) is 11.8 Å². The number of rotatable bonds is 5. The maximum Gasteiger partial charge on any atom is 0.328 e. The lowest BCUT2D eigenvalue weighted by molar-refractivity contribution is -0.145. The van der Waals surface area contributed by atoms with Crippen molar-refractivity contribution >= 4 is 11.9 Å². The van der Waals surface area contributed by atoms with Crippen molar-refractivity contribution in [2.45, 2.75) is 38.6 Å². The number of carbonyl (C=O) groups excluding carboxylic acids is 2. The first-order valence-electron chi connectivity index (χ1n) is 5.90. The second-order valence-electron chi connectivity index (χ2n) is 3.90. The van der Waals surface area contributed by atoms with Gasteiger partial charge >= 0.3 is 5.97 Å². The van der Waals surface area contributed by atoms with Gasteiger partial charge in [0.2, 0.25) is 0 Å². The Hall–Kier alpha value is -1.52. The SMILES string of the molecule is CCC[C@H](NC(=O)C1=CCCCO1)C(=O)OC. The maximum absolute atomic E-state index is 11.8. The van der Waals surface area contributed by atoms with E-state index in [2.05, 4.69) is 10.1 Å². The van der Waals surface area contributed by atoms with E-state index in [-0.39, 0.29) is 5.91 Å². The molecule has 1 N–H and O–H groups in total. The molecule has 1 heterocycles. The van der Waals surface area contributed by atoms with E-state index in [0.29, 0.717) is 18.8 Å². The van der Waals surface area contributed by atoms with Gasteiger partial charge in [0.1, 0.15) is 6.04 Å². The van der Waals surface area contributed by atoms with Gasteiger partial charge in [0, 0.05) is 0 Å². The van der Waals surface area contributed by atoms with Crippen LogP contribution in [0.5, 0.6) is 0 Å². The van der Waals surface area contributed by atoms with Crippen molar-refractivity contribution in [1.82, 2.24) is 5.32 Å². The van der Waals surface area contributed by atoms with Gasteiger partial charge < -0.3 is 14.8 Å². The van der Waals surface area contributed by atoms with E-state index in [0.717, 1.165) is 19.3 Å². The average molecular weight is 241 g/mol. The van der Waals surface area contributed by atoms with E-state index >= 15 is 0 Å². The molecule has 0 aromatic heterocycles. The molecule has 0 aromatic carbocycles. The van der Waals surface area contributed by atoms with Crippen molar-refractivity contribution in [1.29, 1.82) is 0 Å². The average Bonchev–Trinajstić information content (AvgIpc) is 2.38. The van der Waals surface area contributed by atoms with Crippen molar-refractivity contribution < 1.29 is 19.1 Å². The first-order valence-corrected chi connectivity index (χ1v) is 5.90. The minimum atomic E-state index is -0.594. The summed E-state index contributed by atoms with van der Waals surface area (Å²) in [6, 6.07) is -0.594. The second kappa shape index (κ2) is 6.93. The highest BCUT2D eigenvalue weighted by Crippen LogP contribution is 2.10. The Morgan fingerprint density at radius 3 is 2.88 bits per heavy atom. The van der Waals surface area contributed by atoms with Crippen LogP contribution in [0.4, 0.5) is 0 Å². The van der Waals surface area contributed by atoms with Gasteiger partial charge in [-0.15, -0.1) is 0 Å². The van der Waals surface area contributed by atoms with Crippen LogP contribution in [0.25, 0.3) is 0 Å². The molecule has 1 aliphatic rings. The van der Waals surface area contributed by atoms with Crippen LogP contribution in [0.1, 0.15) is 32.6 Å². The van der Waals surface area contributed by atoms with Gasteiger partial charge in [0.15, 0.2) is 5.76 Å². The Morgan fingerprint density at radius 2 is 2.35 bits per heavy atom. The number of carbonyl (C=O) groups is 2. The van der Waals surface area contributed by atoms with Gasteiger partial charge in [-0.25, -0.2) is 4.79 Å². The Kier molecular flexibility index (Phi) is 5.52. The third-order valence-corrected chi connectivity index (χ3v) is 2.53. The predicted octanol–water partition coefficient (Wildman–Crippen LogP) is 1.14. The lowest BCUT2D eigenvalue weighted by Crippen LogP contribution is -2.42. The summed E-state index contributed by atoms with van der Waals surface area (Å²) in [7, 11) is 1.31. The summed E-state index contributed by atoms with van der Waals surface area (Å²) in [6.07, 6.45) is 4.86. The fourth-order valence-corrected chi connectivity index (χ4v) is 1.63. The van der Waals surface area contributed by atoms with Crippen molar-refractivity contribution in [3.63, 3.8) is 0 Å². The Balaban J connectivity index is 2.56. The van der Waals surface area contributed by atoms with Crippen molar-refractivity contribution in [2.75, 3.05) is 13.7 Å². The summed E-state index contributed by atoms with van der Waals surface area (Å²) in [6.45, 7) is 2.49. The predicted molar refractivity (Wildman–Crippen MR) is 62.1 cm³/mol. The van der Waals surface area contributed by atoms with Crippen molar-refractivity contribution in [2.24, 2.45) is 0 Å². The molecular formula is C12H19NO4. The van der Waals surface area contributed by atoms with Gasteiger partial charge in [-0.1, -0.05) is 13.3 Å². The fraction of sp³-hybridized carbons (Fsp3) is 0.667. The molecule has 0 aromatic rings. The number of esters is 1. The molecule has 17 heavy (non-hydrogen) atoms. The third-order valence-electron chi connectivity index (χ3n) is 2.53. The summed E-state index contributed by atoms with van der Waals surface area (Å²) in [5.74, 6) is -0.452. The molecule has 1 aliphatic heterocycles. The van der Waals surface area contributed by atoms with Gasteiger partial charge in [-0.05, 0) is 25.3 Å². The van der Waals surface area contributed by atoms with Crippen LogP contribution < -0.4 is 5.32 Å². The van der Waals surface area contributed by atoms with E-state index in [1.165, 1.54) is 7.11 Å². The topological polar surface area (TPSA) is 64.6 Å². The molecule has 0 bridgehead atoms. The van der Waals surface area contributed by atoms with Crippen molar-refractivity contribution in [3.8, 4) is 0 Å². The highest BCUT2D eigenvalue weighted by molar-refractivity contribution is 5.94. The van der Waals surface area contributed by atoms with Gasteiger partial charge in [-0.2, -0.15) is 0 Å². The van der Waals surface area contributed by atoms with Crippen LogP contribution in [-0.2, 0) is 19.1 Å². The summed E-state index contributed by atoms with van der Waals surface area (Å²) in [5.41, 5.74) is 0. The number of methoxy groups -OCH3 is 1.